The molecule has 2 saturated heterocycles. The second-order valence-electron chi connectivity index (χ2n) is 12.7. The van der Waals surface area contributed by atoms with Crippen molar-refractivity contribution >= 4 is 11.9 Å². The number of amides is 1. The van der Waals surface area contributed by atoms with Crippen molar-refractivity contribution in [2.24, 2.45) is 11.8 Å². The number of piperidine rings is 1. The topological polar surface area (TPSA) is 100 Å². The van der Waals surface area contributed by atoms with E-state index < -0.39 is 12.1 Å². The Bertz CT molecular complexity index is 1270. The first-order valence-electron chi connectivity index (χ1n) is 15.7. The number of hydrogen-bond acceptors (Lipinski definition) is 4. The van der Waals surface area contributed by atoms with Crippen molar-refractivity contribution in [3.63, 3.8) is 0 Å². The largest absolute Gasteiger partial charge is 0.542 e. The van der Waals surface area contributed by atoms with Crippen molar-refractivity contribution in [1.82, 2.24) is 4.90 Å². The highest BCUT2D eigenvalue weighted by molar-refractivity contribution is 5.82. The number of carbonyl (C=O) groups excluding carboxylic acids is 2. The number of carbonyl (C=O) groups is 2. The highest BCUT2D eigenvalue weighted by Crippen LogP contribution is 2.44. The average molecular weight is 603 g/mol. The van der Waals surface area contributed by atoms with Gasteiger partial charge in [-0.1, -0.05) is 49.6 Å². The van der Waals surface area contributed by atoms with E-state index in [-0.39, 0.29) is 11.3 Å². The second kappa shape index (κ2) is 13.3. The summed E-state index contributed by atoms with van der Waals surface area (Å²) in [5, 5.41) is 11.2. The maximum atomic E-state index is 14.6. The molecule has 234 valence electrons. The lowest BCUT2D eigenvalue weighted by Crippen LogP contribution is -2.82. The Morgan fingerprint density at radius 1 is 1.07 bits per heavy atom. The lowest BCUT2D eigenvalue weighted by molar-refractivity contribution is -0.640. The Kier molecular flexibility index (Phi) is 9.76. The number of likely N-dealkylation sites (tertiary alicyclic amines) is 1. The number of aryl methyl sites for hydroxylation is 1. The molecule has 1 unspecified atom stereocenters. The van der Waals surface area contributed by atoms with Crippen LogP contribution in [0, 0.1) is 18.8 Å². The fourth-order valence-electron chi connectivity index (χ4n) is 8.05. The van der Waals surface area contributed by atoms with Crippen molar-refractivity contribution in [3.8, 4) is 0 Å². The van der Waals surface area contributed by atoms with Gasteiger partial charge in [-0.25, -0.2) is 4.98 Å². The molecule has 1 saturated carbocycles. The number of benzene rings is 1. The molecule has 1 aromatic heterocycles. The summed E-state index contributed by atoms with van der Waals surface area (Å²) in [6.07, 6.45) is 4.49. The lowest BCUT2D eigenvalue weighted by Gasteiger charge is -2.46. The summed E-state index contributed by atoms with van der Waals surface area (Å²) in [6, 6.07) is 15.9. The van der Waals surface area contributed by atoms with E-state index in [1.165, 1.54) is 48.9 Å². The Labute approximate surface area is 251 Å². The number of alkyl halides is 3. The van der Waals surface area contributed by atoms with Crippen LogP contribution < -0.4 is 15.4 Å². The third-order valence-electron chi connectivity index (χ3n) is 10.1. The molecule has 10 heteroatoms. The van der Waals surface area contributed by atoms with Crippen LogP contribution in [0.25, 0.3) is 0 Å². The molecule has 0 radical (unpaired) electrons. The zero-order valence-corrected chi connectivity index (χ0v) is 24.8. The average Bonchev–Trinajstić information content (AvgIpc) is 3.35. The number of carboxylic acids is 1. The van der Waals surface area contributed by atoms with Gasteiger partial charge in [0.1, 0.15) is 18.5 Å². The van der Waals surface area contributed by atoms with Gasteiger partial charge >= 0.3 is 6.18 Å². The molecule has 3 aliphatic heterocycles. The minimum atomic E-state index is -5.19. The van der Waals surface area contributed by atoms with Crippen molar-refractivity contribution in [2.75, 3.05) is 26.2 Å². The van der Waals surface area contributed by atoms with Crippen molar-refractivity contribution in [1.29, 1.82) is 0 Å². The van der Waals surface area contributed by atoms with E-state index in [2.05, 4.69) is 64.6 Å². The zero-order valence-electron chi connectivity index (χ0n) is 24.8. The number of aromatic nitrogens is 1. The third kappa shape index (κ3) is 6.90. The molecule has 43 heavy (non-hydrogen) atoms. The number of halogens is 3. The monoisotopic (exact) mass is 602 g/mol. The van der Waals surface area contributed by atoms with Gasteiger partial charge in [0, 0.05) is 37.7 Å². The zero-order chi connectivity index (χ0) is 30.6. The van der Waals surface area contributed by atoms with Crippen LogP contribution in [0.1, 0.15) is 79.8 Å². The molecular formula is C33H43F3N3O4+. The summed E-state index contributed by atoms with van der Waals surface area (Å²) in [6.45, 7) is 6.21. The van der Waals surface area contributed by atoms with Crippen LogP contribution >= 0.6 is 0 Å². The van der Waals surface area contributed by atoms with Crippen LogP contribution in [-0.4, -0.2) is 55.2 Å². The number of H-pyrrole nitrogens is 1. The van der Waals surface area contributed by atoms with Gasteiger partial charge in [0.25, 0.3) is 0 Å². The molecule has 1 amide bonds. The first-order valence-corrected chi connectivity index (χ1v) is 15.7. The maximum Gasteiger partial charge on any atom is 0.430 e. The van der Waals surface area contributed by atoms with E-state index in [0.717, 1.165) is 51.2 Å². The smallest absolute Gasteiger partial charge is 0.430 e. The van der Waals surface area contributed by atoms with E-state index in [9.17, 15) is 18.0 Å². The predicted octanol–water partition coefficient (Wildman–Crippen LogP) is 2.81. The van der Waals surface area contributed by atoms with Crippen molar-refractivity contribution in [3.05, 3.63) is 65.0 Å². The van der Waals surface area contributed by atoms with Gasteiger partial charge in [-0.2, -0.15) is 13.2 Å². The Hall–Kier alpha value is -2.98. The van der Waals surface area contributed by atoms with Crippen molar-refractivity contribution in [2.45, 2.75) is 88.4 Å². The molecule has 7 nitrogen and oxygen atoms in total. The second-order valence-corrected chi connectivity index (χ2v) is 12.7. The molecular weight excluding hydrogens is 559 g/mol. The minimum Gasteiger partial charge on any atom is -0.542 e. The van der Waals surface area contributed by atoms with Gasteiger partial charge in [0.15, 0.2) is 5.69 Å². The molecule has 0 bridgehead atoms. The lowest BCUT2D eigenvalue weighted by atomic mass is 9.68. The van der Waals surface area contributed by atoms with Crippen molar-refractivity contribution < 1.29 is 42.9 Å². The molecule has 1 aromatic carbocycles. The number of quaternary nitrogens is 1. The number of fused-ring (bicyclic) bond motifs is 2. The SMILES string of the molecule is Cc1ccc2c([nH+]1)COCC[C@]21C[NH2+]CC1C(=O)N1CC[C@@H](c2ccccc2)C[C@H]1C1CCCCC1.O=C([O-])C(F)(F)F. The van der Waals surface area contributed by atoms with Crippen LogP contribution in [0.5, 0.6) is 0 Å². The van der Waals surface area contributed by atoms with Crippen LogP contribution in [0.2, 0.25) is 0 Å². The molecule has 1 spiro atoms. The van der Waals surface area contributed by atoms with Gasteiger partial charge in [-0.05, 0) is 55.6 Å². The number of nitrogens with one attached hydrogen (secondary N) is 1. The number of nitrogens with two attached hydrogens (primary N) is 1. The Morgan fingerprint density at radius 3 is 2.49 bits per heavy atom. The fraction of sp³-hybridized carbons (Fsp3) is 0.606. The molecule has 6 rings (SSSR count). The number of hydrogen-bond donors (Lipinski definition) is 1. The summed E-state index contributed by atoms with van der Waals surface area (Å²) in [5.74, 6) is -1.35. The molecule has 4 heterocycles. The predicted molar refractivity (Wildman–Crippen MR) is 150 cm³/mol. The molecule has 3 fully saturated rings. The summed E-state index contributed by atoms with van der Waals surface area (Å²) >= 11 is 0. The Balaban J connectivity index is 0.000000472. The molecule has 4 atom stereocenters. The number of carboxylic acid groups (broad SMARTS) is 1. The van der Waals surface area contributed by atoms with Gasteiger partial charge < -0.3 is 24.9 Å². The first kappa shape index (κ1) is 31.4. The summed E-state index contributed by atoms with van der Waals surface area (Å²) < 4.78 is 37.6. The van der Waals surface area contributed by atoms with Crippen LogP contribution in [0.4, 0.5) is 13.2 Å². The number of aliphatic carboxylic acids is 1. The van der Waals surface area contributed by atoms with E-state index in [0.29, 0.717) is 30.4 Å². The fourth-order valence-corrected chi connectivity index (χ4v) is 8.05. The van der Waals surface area contributed by atoms with Crippen LogP contribution in [0.15, 0.2) is 42.5 Å². The number of ether oxygens (including phenoxy) is 1. The summed E-state index contributed by atoms with van der Waals surface area (Å²) in [4.78, 5) is 29.4. The molecule has 3 N–H and O–H groups in total. The van der Waals surface area contributed by atoms with Crippen LogP contribution in [0.3, 0.4) is 0 Å². The maximum absolute atomic E-state index is 14.6. The van der Waals surface area contributed by atoms with Gasteiger partial charge in [-0.15, -0.1) is 0 Å². The van der Waals surface area contributed by atoms with Crippen LogP contribution in [-0.2, 0) is 26.3 Å². The quantitative estimate of drug-likeness (QED) is 0.584. The number of aromatic amines is 1. The van der Waals surface area contributed by atoms with Gasteiger partial charge in [0.05, 0.1) is 18.5 Å². The molecule has 1 aliphatic carbocycles. The van der Waals surface area contributed by atoms with E-state index in [1.54, 1.807) is 0 Å². The Morgan fingerprint density at radius 2 is 1.79 bits per heavy atom. The van der Waals surface area contributed by atoms with E-state index in [1.807, 2.05) is 0 Å². The van der Waals surface area contributed by atoms with Gasteiger partial charge in [-0.3, -0.25) is 4.79 Å². The molecule has 2 aromatic rings. The number of rotatable bonds is 3. The normalized spacial score (nSPS) is 28.0. The first-order chi connectivity index (χ1) is 20.6. The summed E-state index contributed by atoms with van der Waals surface area (Å²) in [7, 11) is 0. The third-order valence-corrected chi connectivity index (χ3v) is 10.1. The highest BCUT2D eigenvalue weighted by Gasteiger charge is 2.56. The van der Waals surface area contributed by atoms with E-state index >= 15 is 0 Å². The van der Waals surface area contributed by atoms with E-state index in [4.69, 9.17) is 14.6 Å². The summed E-state index contributed by atoms with van der Waals surface area (Å²) in [5.41, 5.74) is 4.97. The number of pyridine rings is 1. The molecule has 4 aliphatic rings. The van der Waals surface area contributed by atoms with Gasteiger partial charge in [0.2, 0.25) is 11.6 Å². The minimum absolute atomic E-state index is 0.0217. The highest BCUT2D eigenvalue weighted by atomic mass is 19.4. The number of nitrogens with zero attached hydrogens (tertiary/aromatic N) is 1. The standard InChI is InChI=1S/C31H41N3O2.C2HF3O2/c1-22-12-13-26-28(33-22)20-36-17-15-31(26)21-32-19-27(31)30(35)34-16-14-25(23-8-4-2-5-9-23)18-29(34)24-10-6-3-7-11-24;3-2(4,5)1(6)7/h2,4-5,8-9,12-13,24-25,27,29,32H,3,6-7,10-11,14-21H2,1H3;(H,6,7)/p+1/t25-,27?,29+,31+;/m1./s1.